The number of nitrogens with one attached hydrogen (secondary N) is 10. The monoisotopic (exact) mass is 1230 g/mol. The maximum atomic E-state index is 14.0. The summed E-state index contributed by atoms with van der Waals surface area (Å²) in [6, 6.07) is 15.3. The van der Waals surface area contributed by atoms with E-state index in [-0.39, 0.29) is 39.6 Å². The summed E-state index contributed by atoms with van der Waals surface area (Å²) < 4.78 is 69.3. The molecule has 0 fully saturated rings. The Morgan fingerprint density at radius 2 is 0.736 bits per heavy atom. The number of rotatable bonds is 22. The SMILES string of the molecule is CNC(=O)OCC(OC(=O)NC)C(OC(=O)NC)C(OC(=O)NC)C(OC(=O)NC)N(C)c1ccc2c(c1)Oc1cc(N(C)C(OC(=O)NC)C(OC(=O)NC)C(OC(=O)NC)C(COC(=O)NC)OC(=O)NC)ccc1C21OC(=O)c2ccccc21. The second kappa shape index (κ2) is 30.7. The van der Waals surface area contributed by atoms with Crippen molar-refractivity contribution in [1.29, 1.82) is 0 Å². The second-order valence-corrected chi connectivity index (χ2v) is 18.0. The Morgan fingerprint density at radius 3 is 1.09 bits per heavy atom. The van der Waals surface area contributed by atoms with Crippen LogP contribution in [0.2, 0.25) is 0 Å². The van der Waals surface area contributed by atoms with Gasteiger partial charge in [0.2, 0.25) is 24.7 Å². The molecule has 0 saturated heterocycles. The number of likely N-dealkylation sites (N-methyl/N-ethyl adjacent to an activating group) is 2. The molecule has 87 heavy (non-hydrogen) atoms. The zero-order chi connectivity index (χ0) is 64.3. The van der Waals surface area contributed by atoms with Crippen molar-refractivity contribution < 1.29 is 110 Å². The summed E-state index contributed by atoms with van der Waals surface area (Å²) in [6.07, 6.45) is -26.9. The van der Waals surface area contributed by atoms with Crippen LogP contribution in [0.25, 0.3) is 0 Å². The first-order chi connectivity index (χ1) is 41.5. The van der Waals surface area contributed by atoms with Crippen molar-refractivity contribution in [2.75, 3.05) is 108 Å². The van der Waals surface area contributed by atoms with E-state index in [0.29, 0.717) is 5.56 Å². The van der Waals surface area contributed by atoms with Crippen LogP contribution in [-0.2, 0) is 57.7 Å². The van der Waals surface area contributed by atoms with Crippen molar-refractivity contribution in [3.63, 3.8) is 0 Å². The lowest BCUT2D eigenvalue weighted by atomic mass is 9.77. The van der Waals surface area contributed by atoms with Crippen LogP contribution in [0.4, 0.5) is 59.3 Å². The molecule has 35 nitrogen and oxygen atoms in total. The minimum Gasteiger partial charge on any atom is -0.456 e. The average molecular weight is 1230 g/mol. The molecule has 10 N–H and O–H groups in total. The number of carbonyl (C=O) groups excluding carboxylic acids is 11. The number of benzene rings is 3. The molecule has 3 aromatic rings. The van der Waals surface area contributed by atoms with Gasteiger partial charge in [-0.25, -0.2) is 52.7 Å². The molecular formula is C52H68N12O23. The highest BCUT2D eigenvalue weighted by atomic mass is 16.7. The number of carbonyl (C=O) groups is 11. The normalized spacial score (nSPS) is 15.8. The van der Waals surface area contributed by atoms with E-state index in [9.17, 15) is 52.7 Å². The van der Waals surface area contributed by atoms with Crippen LogP contribution in [-0.4, -0.2) is 214 Å². The fourth-order valence-electron chi connectivity index (χ4n) is 8.72. The standard InChI is InChI=1S/C52H68N12O23/c1-53-42(66)76-23-33(79-44(68)55-3)35(81-46(70)57-5)37(83-48(72)59-7)39(85-50(74)61-9)63(11)25-17-19-29-31(21-25)78-32-22-26(18-20-30(32)52(29)28-16-14-13-15-27(28)41(65)87-52)64(12)40(86-51(75)62-10)38(84-49(73)60-8)36(82-47(71)58-6)34(80-45(69)56-4)24-77-43(67)54-2/h13-22,33-40H,23-24H2,1-12H3,(H,53,66)(H,54,67)(H,55,68)(H,56,69)(H,57,70)(H,58,71)(H,59,72)(H,60,73)(H,61,74)(H,62,75). The van der Waals surface area contributed by atoms with Crippen LogP contribution >= 0.6 is 0 Å². The summed E-state index contributed by atoms with van der Waals surface area (Å²) in [5.41, 5.74) is -0.762. The van der Waals surface area contributed by atoms with Crippen molar-refractivity contribution in [2.24, 2.45) is 0 Å². The first kappa shape index (κ1) is 67.0. The highest BCUT2D eigenvalue weighted by molar-refractivity contribution is 5.97. The van der Waals surface area contributed by atoms with E-state index in [2.05, 4.69) is 53.2 Å². The molecule has 0 saturated carbocycles. The highest BCUT2D eigenvalue weighted by Gasteiger charge is 2.55. The van der Waals surface area contributed by atoms with E-state index < -0.39 is 135 Å². The quantitative estimate of drug-likeness (QED) is 0.0387. The molecule has 0 radical (unpaired) electrons. The number of anilines is 2. The molecule has 474 valence electrons. The van der Waals surface area contributed by atoms with Gasteiger partial charge in [-0.2, -0.15) is 0 Å². The molecule has 8 unspecified atom stereocenters. The fourth-order valence-corrected chi connectivity index (χ4v) is 8.72. The summed E-state index contributed by atoms with van der Waals surface area (Å²) in [7, 11) is 14.7. The second-order valence-electron chi connectivity index (χ2n) is 18.0. The van der Waals surface area contributed by atoms with E-state index in [1.807, 2.05) is 0 Å². The lowest BCUT2D eigenvalue weighted by molar-refractivity contribution is -0.121. The number of hydrogen-bond acceptors (Lipinski definition) is 25. The summed E-state index contributed by atoms with van der Waals surface area (Å²) in [4.78, 5) is 147. The Bertz CT molecular complexity index is 2860. The topological polar surface area (TPSA) is 425 Å². The molecular weight excluding hydrogens is 1160 g/mol. The Hall–Kier alpha value is -10.8. The van der Waals surface area contributed by atoms with Crippen LogP contribution in [0.15, 0.2) is 60.7 Å². The van der Waals surface area contributed by atoms with Gasteiger partial charge in [0.15, 0.2) is 30.0 Å². The zero-order valence-corrected chi connectivity index (χ0v) is 49.1. The van der Waals surface area contributed by atoms with Crippen molar-refractivity contribution in [3.05, 3.63) is 82.9 Å². The third-order valence-corrected chi connectivity index (χ3v) is 12.9. The third kappa shape index (κ3) is 15.9. The first-order valence-corrected chi connectivity index (χ1v) is 26.0. The fraction of sp³-hybridized carbons (Fsp3) is 0.442. The van der Waals surface area contributed by atoms with Gasteiger partial charge in [0.25, 0.3) is 0 Å². The minimum absolute atomic E-state index is 0.0556. The number of nitrogens with zero attached hydrogens (tertiary/aromatic N) is 2. The van der Waals surface area contributed by atoms with Gasteiger partial charge in [-0.1, -0.05) is 18.2 Å². The smallest absolute Gasteiger partial charge is 0.408 e. The van der Waals surface area contributed by atoms with Gasteiger partial charge in [-0.05, 0) is 30.3 Å². The maximum absolute atomic E-state index is 14.0. The van der Waals surface area contributed by atoms with Crippen LogP contribution in [0.1, 0.15) is 27.0 Å². The van der Waals surface area contributed by atoms with E-state index in [1.54, 1.807) is 24.3 Å². The molecule has 2 aliphatic rings. The predicted octanol–water partition coefficient (Wildman–Crippen LogP) is 1.55. The van der Waals surface area contributed by atoms with Gasteiger partial charge in [-0.15, -0.1) is 0 Å². The first-order valence-electron chi connectivity index (χ1n) is 26.0. The lowest BCUT2D eigenvalue weighted by Crippen LogP contribution is -2.59. The lowest BCUT2D eigenvalue weighted by Gasteiger charge is -2.41. The summed E-state index contributed by atoms with van der Waals surface area (Å²) >= 11 is 0. The zero-order valence-electron chi connectivity index (χ0n) is 49.1. The molecule has 1 spiro atoms. The van der Waals surface area contributed by atoms with Crippen LogP contribution in [0, 0.1) is 0 Å². The maximum Gasteiger partial charge on any atom is 0.408 e. The van der Waals surface area contributed by atoms with Gasteiger partial charge < -0.3 is 120 Å². The van der Waals surface area contributed by atoms with Crippen molar-refractivity contribution in [1.82, 2.24) is 53.2 Å². The number of ether oxygens (including phenoxy) is 12. The van der Waals surface area contributed by atoms with Gasteiger partial charge in [0, 0.05) is 125 Å². The Labute approximate surface area is 496 Å². The molecule has 0 aromatic heterocycles. The van der Waals surface area contributed by atoms with Crippen LogP contribution < -0.4 is 67.7 Å². The minimum atomic E-state index is -2.02. The van der Waals surface area contributed by atoms with E-state index >= 15 is 0 Å². The van der Waals surface area contributed by atoms with Crippen molar-refractivity contribution >= 4 is 78.3 Å². The number of fused-ring (bicyclic) bond motifs is 6. The van der Waals surface area contributed by atoms with Crippen molar-refractivity contribution in [3.8, 4) is 11.5 Å². The van der Waals surface area contributed by atoms with E-state index in [1.165, 1.54) is 131 Å². The molecule has 10 amide bonds. The highest BCUT2D eigenvalue weighted by Crippen LogP contribution is 2.57. The average Bonchev–Trinajstić information content (AvgIpc) is 1.65. The molecule has 0 aliphatic carbocycles. The molecule has 35 heteroatoms. The number of alkyl carbamates (subject to hydrolysis) is 10. The largest absolute Gasteiger partial charge is 0.456 e. The summed E-state index contributed by atoms with van der Waals surface area (Å²) in [6.45, 7) is -1.70. The number of amides is 10. The molecule has 2 heterocycles. The molecule has 8 atom stereocenters. The Kier molecular flexibility index (Phi) is 23.6. The summed E-state index contributed by atoms with van der Waals surface area (Å²) in [5.74, 6) is -0.861. The Morgan fingerprint density at radius 1 is 0.414 bits per heavy atom. The molecule has 5 rings (SSSR count). The Balaban J connectivity index is 1.78. The van der Waals surface area contributed by atoms with Gasteiger partial charge >= 0.3 is 66.9 Å². The molecule has 2 aliphatic heterocycles. The van der Waals surface area contributed by atoms with E-state index in [4.69, 9.17) is 56.8 Å². The van der Waals surface area contributed by atoms with Crippen LogP contribution in [0.3, 0.4) is 0 Å². The molecule has 3 aromatic carbocycles. The van der Waals surface area contributed by atoms with E-state index in [0.717, 1.165) is 0 Å². The molecule has 0 bridgehead atoms. The van der Waals surface area contributed by atoms with Gasteiger partial charge in [0.05, 0.1) is 5.56 Å². The number of hydrogen-bond donors (Lipinski definition) is 10. The number of esters is 1. The van der Waals surface area contributed by atoms with Gasteiger partial charge in [-0.3, -0.25) is 0 Å². The van der Waals surface area contributed by atoms with Crippen molar-refractivity contribution in [2.45, 2.75) is 54.7 Å². The summed E-state index contributed by atoms with van der Waals surface area (Å²) in [5, 5.41) is 22.5. The van der Waals surface area contributed by atoms with Crippen LogP contribution in [0.5, 0.6) is 11.5 Å². The van der Waals surface area contributed by atoms with Gasteiger partial charge in [0.1, 0.15) is 24.7 Å². The predicted molar refractivity (Wildman–Crippen MR) is 297 cm³/mol. The third-order valence-electron chi connectivity index (χ3n) is 12.9.